The molecule has 2 rings (SSSR count). The summed E-state index contributed by atoms with van der Waals surface area (Å²) in [7, 11) is 0. The molecule has 1 aromatic heterocycles. The minimum Gasteiger partial charge on any atom is -0.483 e. The van der Waals surface area contributed by atoms with Crippen molar-refractivity contribution in [3.8, 4) is 16.9 Å². The Bertz CT molecular complexity index is 549. The van der Waals surface area contributed by atoms with E-state index in [9.17, 15) is 13.2 Å². The van der Waals surface area contributed by atoms with Crippen LogP contribution in [0.25, 0.3) is 11.1 Å². The third kappa shape index (κ3) is 3.71. The van der Waals surface area contributed by atoms with Gasteiger partial charge in [-0.1, -0.05) is 24.3 Å². The highest BCUT2D eigenvalue weighted by Crippen LogP contribution is 2.30. The quantitative estimate of drug-likeness (QED) is 0.843. The molecule has 5 heteroatoms. The summed E-state index contributed by atoms with van der Waals surface area (Å²) in [5, 5.41) is 0. The molecule has 1 heterocycles. The zero-order valence-electron chi connectivity index (χ0n) is 10.2. The number of nitrogens with zero attached hydrogens (tertiary/aromatic N) is 1. The number of pyridine rings is 1. The van der Waals surface area contributed by atoms with Crippen LogP contribution in [0.2, 0.25) is 0 Å². The maximum atomic E-state index is 12.2. The van der Waals surface area contributed by atoms with Gasteiger partial charge in [0, 0.05) is 29.1 Å². The number of rotatable bonds is 3. The standard InChI is InChI=1S/C14H11F3NO/c1-10-6-7-11(8-18-10)12-4-2-3-5-13(12)19-9-14(15,16)17/h2-4,6-8H,9H2,1H3. The lowest BCUT2D eigenvalue weighted by Gasteiger charge is -2.12. The molecular formula is C14H11F3NO. The van der Waals surface area contributed by atoms with Gasteiger partial charge < -0.3 is 4.74 Å². The van der Waals surface area contributed by atoms with Gasteiger partial charge in [-0.2, -0.15) is 13.2 Å². The predicted octanol–water partition coefficient (Wildman–Crippen LogP) is 3.80. The first-order valence-electron chi connectivity index (χ1n) is 5.59. The number of halogens is 3. The van der Waals surface area contributed by atoms with Gasteiger partial charge in [0.05, 0.1) is 0 Å². The van der Waals surface area contributed by atoms with Crippen molar-refractivity contribution in [2.45, 2.75) is 13.1 Å². The zero-order valence-corrected chi connectivity index (χ0v) is 10.2. The average Bonchev–Trinajstić information content (AvgIpc) is 2.37. The Kier molecular flexibility index (Phi) is 3.74. The van der Waals surface area contributed by atoms with Crippen LogP contribution < -0.4 is 4.74 Å². The van der Waals surface area contributed by atoms with Crippen molar-refractivity contribution in [2.24, 2.45) is 0 Å². The maximum Gasteiger partial charge on any atom is 0.422 e. The second-order valence-electron chi connectivity index (χ2n) is 4.01. The summed E-state index contributed by atoms with van der Waals surface area (Å²) < 4.78 is 41.3. The van der Waals surface area contributed by atoms with Crippen LogP contribution in [0.4, 0.5) is 13.2 Å². The Labute approximate surface area is 108 Å². The van der Waals surface area contributed by atoms with Gasteiger partial charge in [0.1, 0.15) is 5.75 Å². The molecule has 1 radical (unpaired) electrons. The molecule has 0 N–H and O–H groups in total. The zero-order chi connectivity index (χ0) is 13.9. The van der Waals surface area contributed by atoms with Crippen molar-refractivity contribution < 1.29 is 17.9 Å². The summed E-state index contributed by atoms with van der Waals surface area (Å²) in [6, 6.07) is 11.1. The summed E-state index contributed by atoms with van der Waals surface area (Å²) >= 11 is 0. The minimum atomic E-state index is -4.37. The highest BCUT2D eigenvalue weighted by Gasteiger charge is 2.28. The molecule has 99 valence electrons. The monoisotopic (exact) mass is 266 g/mol. The van der Waals surface area contributed by atoms with Crippen LogP contribution in [0, 0.1) is 13.0 Å². The average molecular weight is 266 g/mol. The fourth-order valence-electron chi connectivity index (χ4n) is 1.55. The maximum absolute atomic E-state index is 12.2. The van der Waals surface area contributed by atoms with Crippen molar-refractivity contribution in [3.63, 3.8) is 0 Å². The number of hydrogen-bond acceptors (Lipinski definition) is 2. The normalized spacial score (nSPS) is 11.4. The highest BCUT2D eigenvalue weighted by atomic mass is 19.4. The van der Waals surface area contributed by atoms with Crippen molar-refractivity contribution in [1.29, 1.82) is 0 Å². The molecule has 1 aromatic carbocycles. The molecule has 19 heavy (non-hydrogen) atoms. The van der Waals surface area contributed by atoms with E-state index in [-0.39, 0.29) is 5.75 Å². The van der Waals surface area contributed by atoms with Gasteiger partial charge in [-0.15, -0.1) is 0 Å². The SMILES string of the molecule is Cc1ccc(-c2ccc[c]c2OCC(F)(F)F)cn1. The summed E-state index contributed by atoms with van der Waals surface area (Å²) in [5.41, 5.74) is 2.07. The number of para-hydroxylation sites is 1. The Hall–Kier alpha value is -2.04. The second-order valence-corrected chi connectivity index (χ2v) is 4.01. The van der Waals surface area contributed by atoms with E-state index in [0.717, 1.165) is 5.69 Å². The molecule has 0 aliphatic rings. The summed E-state index contributed by atoms with van der Waals surface area (Å²) in [6.07, 6.45) is -2.77. The van der Waals surface area contributed by atoms with Crippen LogP contribution in [-0.4, -0.2) is 17.8 Å². The second kappa shape index (κ2) is 5.30. The van der Waals surface area contributed by atoms with Crippen molar-refractivity contribution in [1.82, 2.24) is 4.98 Å². The van der Waals surface area contributed by atoms with Gasteiger partial charge in [0.25, 0.3) is 0 Å². The Morgan fingerprint density at radius 2 is 2.05 bits per heavy atom. The third-order valence-corrected chi connectivity index (χ3v) is 2.42. The van der Waals surface area contributed by atoms with E-state index >= 15 is 0 Å². The van der Waals surface area contributed by atoms with E-state index in [0.29, 0.717) is 11.1 Å². The lowest BCUT2D eigenvalue weighted by molar-refractivity contribution is -0.153. The van der Waals surface area contributed by atoms with Crippen LogP contribution in [0.1, 0.15) is 5.69 Å². The first-order chi connectivity index (χ1) is 8.96. The highest BCUT2D eigenvalue weighted by molar-refractivity contribution is 5.69. The van der Waals surface area contributed by atoms with Gasteiger partial charge in [0.15, 0.2) is 6.61 Å². The van der Waals surface area contributed by atoms with Crippen molar-refractivity contribution in [3.05, 3.63) is 48.3 Å². The van der Waals surface area contributed by atoms with Gasteiger partial charge in [-0.3, -0.25) is 4.98 Å². The summed E-state index contributed by atoms with van der Waals surface area (Å²) in [4.78, 5) is 4.11. The van der Waals surface area contributed by atoms with Crippen LogP contribution in [0.15, 0.2) is 36.5 Å². The first-order valence-corrected chi connectivity index (χ1v) is 5.59. The molecule has 0 amide bonds. The van der Waals surface area contributed by atoms with E-state index < -0.39 is 12.8 Å². The number of ether oxygens (including phenoxy) is 1. The molecule has 0 atom stereocenters. The molecule has 0 spiro atoms. The fraction of sp³-hybridized carbons (Fsp3) is 0.214. The van der Waals surface area contributed by atoms with Crippen molar-refractivity contribution >= 4 is 0 Å². The molecule has 0 aliphatic heterocycles. The third-order valence-electron chi connectivity index (χ3n) is 2.42. The van der Waals surface area contributed by atoms with Gasteiger partial charge in [-0.05, 0) is 13.0 Å². The molecule has 0 saturated carbocycles. The Morgan fingerprint density at radius 3 is 2.68 bits per heavy atom. The van der Waals surface area contributed by atoms with Crippen LogP contribution >= 0.6 is 0 Å². The smallest absolute Gasteiger partial charge is 0.422 e. The topological polar surface area (TPSA) is 22.1 Å². The molecule has 2 nitrogen and oxygen atoms in total. The van der Waals surface area contributed by atoms with Crippen LogP contribution in [0.5, 0.6) is 5.75 Å². The number of aromatic nitrogens is 1. The first kappa shape index (κ1) is 13.4. The summed E-state index contributed by atoms with van der Waals surface area (Å²) in [6.45, 7) is 0.502. The molecule has 0 bridgehead atoms. The van der Waals surface area contributed by atoms with E-state index in [4.69, 9.17) is 4.74 Å². The Balaban J connectivity index is 2.28. The fourth-order valence-corrected chi connectivity index (χ4v) is 1.55. The van der Waals surface area contributed by atoms with Gasteiger partial charge >= 0.3 is 6.18 Å². The lowest BCUT2D eigenvalue weighted by Crippen LogP contribution is -2.19. The Morgan fingerprint density at radius 1 is 1.26 bits per heavy atom. The molecular weight excluding hydrogens is 255 g/mol. The van der Waals surface area contributed by atoms with Gasteiger partial charge in [-0.25, -0.2) is 0 Å². The van der Waals surface area contributed by atoms with E-state index in [2.05, 4.69) is 11.1 Å². The largest absolute Gasteiger partial charge is 0.483 e. The van der Waals surface area contributed by atoms with E-state index in [1.807, 2.05) is 6.92 Å². The van der Waals surface area contributed by atoms with Crippen molar-refractivity contribution in [2.75, 3.05) is 6.61 Å². The number of alkyl halides is 3. The van der Waals surface area contributed by atoms with E-state index in [1.165, 1.54) is 6.07 Å². The number of benzene rings is 1. The van der Waals surface area contributed by atoms with Crippen LogP contribution in [-0.2, 0) is 0 Å². The number of aryl methyl sites for hydroxylation is 1. The summed E-state index contributed by atoms with van der Waals surface area (Å²) in [5.74, 6) is 0.0745. The predicted molar refractivity (Wildman–Crippen MR) is 64.8 cm³/mol. The molecule has 0 fully saturated rings. The molecule has 2 aromatic rings. The number of hydrogen-bond donors (Lipinski definition) is 0. The van der Waals surface area contributed by atoms with E-state index in [1.54, 1.807) is 30.5 Å². The van der Waals surface area contributed by atoms with Crippen LogP contribution in [0.3, 0.4) is 0 Å². The molecule has 0 saturated heterocycles. The lowest BCUT2D eigenvalue weighted by atomic mass is 10.1. The molecule has 0 aliphatic carbocycles. The minimum absolute atomic E-state index is 0.0745. The van der Waals surface area contributed by atoms with Gasteiger partial charge in [0.2, 0.25) is 0 Å². The molecule has 0 unspecified atom stereocenters.